The molecule has 0 aliphatic heterocycles. The standard InChI is InChI=1S/C15H26O7/c1-13(2,3)10-14(4,5)22-19-9-8-11(16)20-15(6,7)21-12(17)18/h8-9H,10H2,1-7H3,(H,17,18). The first-order valence-electron chi connectivity index (χ1n) is 6.88. The van der Waals surface area contributed by atoms with Gasteiger partial charge in [0, 0.05) is 13.8 Å². The van der Waals surface area contributed by atoms with Gasteiger partial charge in [0.2, 0.25) is 0 Å². The predicted molar refractivity (Wildman–Crippen MR) is 78.7 cm³/mol. The second-order valence-corrected chi connectivity index (χ2v) is 7.17. The first-order chi connectivity index (χ1) is 9.72. The van der Waals surface area contributed by atoms with Crippen molar-refractivity contribution in [2.24, 2.45) is 5.41 Å². The number of ether oxygens (including phenoxy) is 2. The molecule has 0 rings (SSSR count). The molecule has 0 saturated carbocycles. The van der Waals surface area contributed by atoms with Gasteiger partial charge in [0.25, 0.3) is 5.79 Å². The third kappa shape index (κ3) is 11.0. The third-order valence-corrected chi connectivity index (χ3v) is 2.17. The van der Waals surface area contributed by atoms with E-state index in [1.807, 2.05) is 13.8 Å². The van der Waals surface area contributed by atoms with Crippen LogP contribution in [0.2, 0.25) is 0 Å². The molecule has 0 atom stereocenters. The summed E-state index contributed by atoms with van der Waals surface area (Å²) in [7, 11) is 0. The maximum atomic E-state index is 11.5. The van der Waals surface area contributed by atoms with E-state index in [2.05, 4.69) is 25.5 Å². The van der Waals surface area contributed by atoms with Crippen LogP contribution in [0.25, 0.3) is 0 Å². The summed E-state index contributed by atoms with van der Waals surface area (Å²) in [5, 5.41) is 8.48. The van der Waals surface area contributed by atoms with Crippen LogP contribution >= 0.6 is 0 Å². The fraction of sp³-hybridized carbons (Fsp3) is 0.733. The Morgan fingerprint density at radius 2 is 1.55 bits per heavy atom. The lowest BCUT2D eigenvalue weighted by Gasteiger charge is -2.30. The molecule has 0 aromatic carbocycles. The van der Waals surface area contributed by atoms with Crippen LogP contribution in [0, 0.1) is 5.41 Å². The zero-order chi connectivity index (χ0) is 17.6. The minimum atomic E-state index is -1.58. The molecule has 0 aromatic heterocycles. The third-order valence-electron chi connectivity index (χ3n) is 2.17. The molecule has 128 valence electrons. The van der Waals surface area contributed by atoms with Crippen molar-refractivity contribution in [2.75, 3.05) is 0 Å². The molecule has 0 aliphatic carbocycles. The minimum Gasteiger partial charge on any atom is -0.450 e. The van der Waals surface area contributed by atoms with Gasteiger partial charge in [0.15, 0.2) is 0 Å². The molecule has 0 fully saturated rings. The zero-order valence-corrected chi connectivity index (χ0v) is 14.3. The monoisotopic (exact) mass is 318 g/mol. The van der Waals surface area contributed by atoms with Crippen molar-refractivity contribution >= 4 is 12.1 Å². The Hall–Kier alpha value is -1.76. The van der Waals surface area contributed by atoms with E-state index in [0.29, 0.717) is 0 Å². The Bertz CT molecular complexity index is 416. The van der Waals surface area contributed by atoms with Crippen LogP contribution in [-0.4, -0.2) is 28.6 Å². The average molecular weight is 318 g/mol. The van der Waals surface area contributed by atoms with Crippen molar-refractivity contribution < 1.29 is 33.9 Å². The lowest BCUT2D eigenvalue weighted by molar-refractivity contribution is -0.321. The second-order valence-electron chi connectivity index (χ2n) is 7.17. The first-order valence-corrected chi connectivity index (χ1v) is 6.88. The average Bonchev–Trinajstić information content (AvgIpc) is 2.17. The smallest absolute Gasteiger partial charge is 0.450 e. The van der Waals surface area contributed by atoms with E-state index in [1.165, 1.54) is 13.8 Å². The van der Waals surface area contributed by atoms with Crippen LogP contribution in [0.4, 0.5) is 4.79 Å². The van der Waals surface area contributed by atoms with Gasteiger partial charge in [-0.25, -0.2) is 9.59 Å². The maximum Gasteiger partial charge on any atom is 0.509 e. The van der Waals surface area contributed by atoms with Crippen molar-refractivity contribution in [1.82, 2.24) is 0 Å². The number of hydrogen-bond donors (Lipinski definition) is 1. The highest BCUT2D eigenvalue weighted by atomic mass is 17.2. The molecule has 0 bridgehead atoms. The number of rotatable bonds is 7. The molecule has 0 radical (unpaired) electrons. The molecule has 0 amide bonds. The highest BCUT2D eigenvalue weighted by Gasteiger charge is 2.28. The van der Waals surface area contributed by atoms with Crippen LogP contribution in [-0.2, 0) is 24.0 Å². The van der Waals surface area contributed by atoms with Gasteiger partial charge in [-0.3, -0.25) is 0 Å². The van der Waals surface area contributed by atoms with Crippen LogP contribution in [0.3, 0.4) is 0 Å². The van der Waals surface area contributed by atoms with Crippen LogP contribution < -0.4 is 0 Å². The molecule has 7 nitrogen and oxygen atoms in total. The summed E-state index contributed by atoms with van der Waals surface area (Å²) in [5.74, 6) is -2.40. The van der Waals surface area contributed by atoms with Crippen molar-refractivity contribution in [3.63, 3.8) is 0 Å². The van der Waals surface area contributed by atoms with Gasteiger partial charge >= 0.3 is 12.1 Å². The number of hydrogen-bond acceptors (Lipinski definition) is 6. The van der Waals surface area contributed by atoms with E-state index in [4.69, 9.17) is 19.6 Å². The predicted octanol–water partition coefficient (Wildman–Crippen LogP) is 3.64. The van der Waals surface area contributed by atoms with E-state index in [1.54, 1.807) is 0 Å². The van der Waals surface area contributed by atoms with Gasteiger partial charge in [0.05, 0.1) is 6.08 Å². The van der Waals surface area contributed by atoms with E-state index in [-0.39, 0.29) is 5.41 Å². The summed E-state index contributed by atoms with van der Waals surface area (Å²) in [6, 6.07) is 0. The fourth-order valence-corrected chi connectivity index (χ4v) is 2.06. The fourth-order valence-electron chi connectivity index (χ4n) is 2.06. The number of carbonyl (C=O) groups is 2. The Balaban J connectivity index is 4.28. The lowest BCUT2D eigenvalue weighted by atomic mass is 9.84. The summed E-state index contributed by atoms with van der Waals surface area (Å²) >= 11 is 0. The van der Waals surface area contributed by atoms with Gasteiger partial charge < -0.3 is 19.5 Å². The van der Waals surface area contributed by atoms with Gasteiger partial charge in [-0.2, -0.15) is 4.89 Å². The van der Waals surface area contributed by atoms with Gasteiger partial charge in [-0.15, -0.1) is 0 Å². The summed E-state index contributed by atoms with van der Waals surface area (Å²) in [6.45, 7) is 12.6. The summed E-state index contributed by atoms with van der Waals surface area (Å²) in [6.07, 6.45) is 1.21. The molecule has 0 heterocycles. The Morgan fingerprint density at radius 3 is 2.00 bits per heavy atom. The van der Waals surface area contributed by atoms with Crippen LogP contribution in [0.1, 0.15) is 54.9 Å². The van der Waals surface area contributed by atoms with Crippen molar-refractivity contribution in [2.45, 2.75) is 66.3 Å². The Kier molecular flexibility index (Phi) is 6.89. The quantitative estimate of drug-likeness (QED) is 0.191. The zero-order valence-electron chi connectivity index (χ0n) is 14.3. The van der Waals surface area contributed by atoms with E-state index in [0.717, 1.165) is 18.8 Å². The number of carboxylic acid groups (broad SMARTS) is 1. The lowest BCUT2D eigenvalue weighted by Crippen LogP contribution is -2.32. The van der Waals surface area contributed by atoms with Gasteiger partial charge in [0.1, 0.15) is 11.9 Å². The molecule has 22 heavy (non-hydrogen) atoms. The molecular weight excluding hydrogens is 292 g/mol. The normalized spacial score (nSPS) is 13.0. The van der Waals surface area contributed by atoms with Crippen molar-refractivity contribution in [1.29, 1.82) is 0 Å². The molecule has 0 aromatic rings. The summed E-state index contributed by atoms with van der Waals surface area (Å²) in [5.41, 5.74) is -0.466. The van der Waals surface area contributed by atoms with E-state index >= 15 is 0 Å². The van der Waals surface area contributed by atoms with Gasteiger partial charge in [-0.1, -0.05) is 20.8 Å². The largest absolute Gasteiger partial charge is 0.509 e. The molecule has 0 saturated heterocycles. The first kappa shape index (κ1) is 20.2. The summed E-state index contributed by atoms with van der Waals surface area (Å²) < 4.78 is 9.19. The highest BCUT2D eigenvalue weighted by Crippen LogP contribution is 2.29. The second kappa shape index (κ2) is 7.49. The minimum absolute atomic E-state index is 0.0632. The van der Waals surface area contributed by atoms with Gasteiger partial charge in [-0.05, 0) is 25.7 Å². The van der Waals surface area contributed by atoms with Crippen LogP contribution in [0.15, 0.2) is 12.3 Å². The highest BCUT2D eigenvalue weighted by molar-refractivity contribution is 5.82. The molecule has 0 spiro atoms. The van der Waals surface area contributed by atoms with Crippen LogP contribution in [0.5, 0.6) is 0 Å². The SMILES string of the molecule is CC(C)(C)CC(C)(C)OOC=CC(=O)OC(C)(C)OC(=O)O. The molecular formula is C15H26O7. The summed E-state index contributed by atoms with van der Waals surface area (Å²) in [4.78, 5) is 32.0. The van der Waals surface area contributed by atoms with E-state index in [9.17, 15) is 9.59 Å². The molecule has 0 aliphatic rings. The maximum absolute atomic E-state index is 11.5. The Morgan fingerprint density at radius 1 is 1.00 bits per heavy atom. The molecule has 1 N–H and O–H groups in total. The molecule has 7 heteroatoms. The number of carbonyl (C=O) groups excluding carboxylic acids is 1. The molecule has 0 unspecified atom stereocenters. The van der Waals surface area contributed by atoms with Crippen molar-refractivity contribution in [3.05, 3.63) is 12.3 Å². The van der Waals surface area contributed by atoms with Crippen molar-refractivity contribution in [3.8, 4) is 0 Å². The van der Waals surface area contributed by atoms with E-state index < -0.39 is 23.5 Å². The Labute approximate surface area is 131 Å². The number of esters is 1. The topological polar surface area (TPSA) is 91.3 Å².